The van der Waals surface area contributed by atoms with Gasteiger partial charge in [0, 0.05) is 9.79 Å². The Bertz CT molecular complexity index is 1190. The van der Waals surface area contributed by atoms with E-state index >= 15 is 0 Å². The Morgan fingerprint density at radius 2 is 1.06 bits per heavy atom. The van der Waals surface area contributed by atoms with Crippen molar-refractivity contribution in [2.24, 2.45) is 38.2 Å². The van der Waals surface area contributed by atoms with Crippen molar-refractivity contribution >= 4 is 34.9 Å². The molecular formula is C24H24N6O2S. The van der Waals surface area contributed by atoms with E-state index in [0.29, 0.717) is 23.0 Å². The molecule has 9 heteroatoms. The molecule has 0 saturated heterocycles. The molecule has 0 aliphatic heterocycles. The molecule has 2 aromatic heterocycles. The minimum Gasteiger partial charge on any atom is -0.853 e. The van der Waals surface area contributed by atoms with Crippen molar-refractivity contribution in [1.82, 2.24) is 9.13 Å². The quantitative estimate of drug-likeness (QED) is 0.245. The maximum atomic E-state index is 12.5. The van der Waals surface area contributed by atoms with Crippen molar-refractivity contribution in [3.63, 3.8) is 0 Å². The molecule has 0 spiro atoms. The van der Waals surface area contributed by atoms with Gasteiger partial charge in [-0.1, -0.05) is 11.8 Å². The second-order valence-electron chi connectivity index (χ2n) is 7.61. The molecule has 4 rings (SSSR count). The molecule has 0 aliphatic carbocycles. The first-order valence-corrected chi connectivity index (χ1v) is 11.1. The molecule has 0 aliphatic rings. The van der Waals surface area contributed by atoms with Crippen LogP contribution in [0.15, 0.2) is 93.1 Å². The summed E-state index contributed by atoms with van der Waals surface area (Å²) in [7, 11) is 7.27. The third kappa shape index (κ3) is 4.98. The Hall–Kier alpha value is -3.85. The lowest BCUT2D eigenvalue weighted by atomic mass is 10.3. The smallest absolute Gasteiger partial charge is 0.292 e. The van der Waals surface area contributed by atoms with Gasteiger partial charge in [0.15, 0.2) is 0 Å². The zero-order chi connectivity index (χ0) is 23.5. The summed E-state index contributed by atoms with van der Waals surface area (Å²) in [6, 6.07) is 15.0. The fourth-order valence-corrected chi connectivity index (χ4v) is 4.25. The summed E-state index contributed by atoms with van der Waals surface area (Å²) < 4.78 is 7.00. The second-order valence-corrected chi connectivity index (χ2v) is 8.76. The molecule has 8 nitrogen and oxygen atoms in total. The van der Waals surface area contributed by atoms with E-state index in [1.807, 2.05) is 102 Å². The fourth-order valence-electron chi connectivity index (χ4n) is 3.43. The number of rotatable bonds is 6. The Morgan fingerprint density at radius 3 is 1.36 bits per heavy atom. The van der Waals surface area contributed by atoms with Gasteiger partial charge in [-0.3, -0.25) is 9.98 Å². The van der Waals surface area contributed by atoms with E-state index in [4.69, 9.17) is 0 Å². The van der Waals surface area contributed by atoms with Crippen LogP contribution in [0.3, 0.4) is 0 Å². The van der Waals surface area contributed by atoms with Crippen LogP contribution in [0.2, 0.25) is 0 Å². The summed E-state index contributed by atoms with van der Waals surface area (Å²) in [6.45, 7) is 0. The predicted octanol–water partition coefficient (Wildman–Crippen LogP) is 1.04. The number of benzene rings is 2. The molecule has 0 bridgehead atoms. The maximum Gasteiger partial charge on any atom is 0.292 e. The highest BCUT2D eigenvalue weighted by molar-refractivity contribution is 7.99. The topological polar surface area (TPSA) is 88.5 Å². The second kappa shape index (κ2) is 9.33. The maximum absolute atomic E-state index is 12.5. The van der Waals surface area contributed by atoms with Crippen LogP contribution in [0, 0.1) is 0 Å². The molecule has 0 fully saturated rings. The first kappa shape index (κ1) is 22.3. The van der Waals surface area contributed by atoms with Crippen molar-refractivity contribution in [3.8, 4) is 0 Å². The van der Waals surface area contributed by atoms with Gasteiger partial charge in [0.1, 0.15) is 24.8 Å². The molecule has 33 heavy (non-hydrogen) atoms. The molecule has 0 saturated carbocycles. The molecule has 0 unspecified atom stereocenters. The number of hydrogen-bond donors (Lipinski definition) is 0. The van der Waals surface area contributed by atoms with Gasteiger partial charge < -0.3 is 10.2 Å². The van der Waals surface area contributed by atoms with Gasteiger partial charge in [-0.15, -0.1) is 0 Å². The Balaban J connectivity index is 1.44. The van der Waals surface area contributed by atoms with Crippen LogP contribution < -0.4 is 19.3 Å². The number of aromatic nitrogens is 4. The highest BCUT2D eigenvalue weighted by atomic mass is 32.2. The molecular weight excluding hydrogens is 436 g/mol. The summed E-state index contributed by atoms with van der Waals surface area (Å²) in [6.07, 6.45) is 7.27. The number of imidazole rings is 2. The Morgan fingerprint density at radius 1 is 0.697 bits per heavy atom. The summed E-state index contributed by atoms with van der Waals surface area (Å²) in [4.78, 5) is 10.4. The van der Waals surface area contributed by atoms with E-state index in [0.717, 1.165) is 9.79 Å². The van der Waals surface area contributed by atoms with Crippen LogP contribution in [-0.4, -0.2) is 20.9 Å². The minimum atomic E-state index is -0.289. The van der Waals surface area contributed by atoms with E-state index in [-0.39, 0.29) is 11.8 Å². The monoisotopic (exact) mass is 460 g/mol. The van der Waals surface area contributed by atoms with E-state index in [1.165, 1.54) is 0 Å². The molecule has 0 N–H and O–H groups in total. The van der Waals surface area contributed by atoms with Crippen molar-refractivity contribution < 1.29 is 19.3 Å². The first-order chi connectivity index (χ1) is 15.8. The number of hydrogen-bond acceptors (Lipinski definition) is 5. The standard InChI is InChI=1S/C24H24N6O2S/c1-27-13-14-28(2)23(27)21(31)25-17-5-9-19(10-6-17)33-20-11-7-18(8-12-20)26-22(32)24-29(3)15-16-30(24)4/h5-16H,1-4H3. The average Bonchev–Trinajstić information content (AvgIpc) is 3.30. The SMILES string of the molecule is Cn1cc[n+](C)c1C([O-])=Nc1ccc(Sc2ccc(N=C([O-])c3n(C)cc[n+]3C)cc2)cc1. The van der Waals surface area contributed by atoms with Crippen LogP contribution in [0.1, 0.15) is 11.6 Å². The lowest BCUT2D eigenvalue weighted by Crippen LogP contribution is -2.39. The van der Waals surface area contributed by atoms with E-state index < -0.39 is 0 Å². The van der Waals surface area contributed by atoms with Crippen molar-refractivity contribution in [3.05, 3.63) is 85.0 Å². The summed E-state index contributed by atoms with van der Waals surface area (Å²) in [5, 5.41) is 24.9. The number of aliphatic imine (C=N–C) groups is 2. The van der Waals surface area contributed by atoms with E-state index in [2.05, 4.69) is 9.98 Å². The first-order valence-electron chi connectivity index (χ1n) is 10.2. The van der Waals surface area contributed by atoms with Gasteiger partial charge in [-0.25, -0.2) is 18.3 Å². The number of aryl methyl sites for hydroxylation is 4. The summed E-state index contributed by atoms with van der Waals surface area (Å²) in [5.74, 6) is 0.447. The fraction of sp³-hybridized carbons (Fsp3) is 0.167. The third-order valence-electron chi connectivity index (χ3n) is 5.12. The third-order valence-corrected chi connectivity index (χ3v) is 6.13. The van der Waals surface area contributed by atoms with Gasteiger partial charge in [0.2, 0.25) is 0 Å². The van der Waals surface area contributed by atoms with Crippen LogP contribution in [-0.2, 0) is 28.2 Å². The zero-order valence-corrected chi connectivity index (χ0v) is 19.7. The van der Waals surface area contributed by atoms with Crippen LogP contribution in [0.4, 0.5) is 11.4 Å². The van der Waals surface area contributed by atoms with Crippen LogP contribution in [0.25, 0.3) is 0 Å². The van der Waals surface area contributed by atoms with Gasteiger partial charge >= 0.3 is 0 Å². The van der Waals surface area contributed by atoms with Crippen molar-refractivity contribution in [1.29, 1.82) is 0 Å². The largest absolute Gasteiger partial charge is 0.853 e. The molecule has 4 aromatic rings. The van der Waals surface area contributed by atoms with Crippen LogP contribution in [0.5, 0.6) is 0 Å². The lowest BCUT2D eigenvalue weighted by Gasteiger charge is -2.09. The van der Waals surface area contributed by atoms with E-state index in [9.17, 15) is 10.2 Å². The Kier molecular flexibility index (Phi) is 6.32. The van der Waals surface area contributed by atoms with Gasteiger partial charge in [0.05, 0.1) is 51.4 Å². The van der Waals surface area contributed by atoms with Gasteiger partial charge in [0.25, 0.3) is 11.6 Å². The zero-order valence-electron chi connectivity index (χ0n) is 18.8. The van der Waals surface area contributed by atoms with Gasteiger partial charge in [-0.05, 0) is 48.5 Å². The molecule has 168 valence electrons. The number of nitrogens with zero attached hydrogens (tertiary/aromatic N) is 6. The molecule has 0 radical (unpaired) electrons. The summed E-state index contributed by atoms with van der Waals surface area (Å²) in [5.41, 5.74) is 1.21. The minimum absolute atomic E-state index is 0.289. The van der Waals surface area contributed by atoms with Crippen molar-refractivity contribution in [2.75, 3.05) is 0 Å². The lowest BCUT2D eigenvalue weighted by molar-refractivity contribution is -0.674. The van der Waals surface area contributed by atoms with Crippen molar-refractivity contribution in [2.45, 2.75) is 9.79 Å². The average molecular weight is 461 g/mol. The van der Waals surface area contributed by atoms with E-state index in [1.54, 1.807) is 30.0 Å². The predicted molar refractivity (Wildman–Crippen MR) is 123 cm³/mol. The van der Waals surface area contributed by atoms with Crippen LogP contribution >= 0.6 is 11.8 Å². The molecule has 2 heterocycles. The van der Waals surface area contributed by atoms with Gasteiger partial charge in [-0.2, -0.15) is 0 Å². The highest BCUT2D eigenvalue weighted by Crippen LogP contribution is 2.30. The molecule has 2 aromatic carbocycles. The highest BCUT2D eigenvalue weighted by Gasteiger charge is 2.12. The molecule has 0 amide bonds. The normalized spacial score (nSPS) is 12.4. The summed E-state index contributed by atoms with van der Waals surface area (Å²) >= 11 is 1.58. The molecule has 0 atom stereocenters. The Labute approximate surface area is 196 Å².